The molecule has 0 fully saturated rings. The molecule has 2 N–H and O–H groups in total. The minimum absolute atomic E-state index is 0.0700. The molecule has 0 radical (unpaired) electrons. The maximum Gasteiger partial charge on any atom is 0.387 e. The van der Waals surface area contributed by atoms with Crippen molar-refractivity contribution in [1.29, 1.82) is 0 Å². The molecule has 0 bridgehead atoms. The number of alkyl halides is 2. The van der Waals surface area contributed by atoms with Gasteiger partial charge in [-0.25, -0.2) is 13.2 Å². The average Bonchev–Trinajstić information content (AvgIpc) is 2.59. The first-order valence-corrected chi connectivity index (χ1v) is 7.51. The van der Waals surface area contributed by atoms with Crippen LogP contribution in [0, 0.1) is 17.5 Å². The SMILES string of the molecule is CN=C(NCc1cc(F)ccc1F)NCc1c(F)cccc1OC(F)F. The van der Waals surface area contributed by atoms with Crippen LogP contribution in [-0.4, -0.2) is 19.6 Å². The Hall–Kier alpha value is -2.84. The van der Waals surface area contributed by atoms with Gasteiger partial charge in [-0.15, -0.1) is 0 Å². The van der Waals surface area contributed by atoms with Crippen LogP contribution in [0.1, 0.15) is 11.1 Å². The van der Waals surface area contributed by atoms with Gasteiger partial charge >= 0.3 is 6.61 Å². The third-order valence-corrected chi connectivity index (χ3v) is 3.40. The Morgan fingerprint density at radius 2 is 1.77 bits per heavy atom. The van der Waals surface area contributed by atoms with E-state index in [1.54, 1.807) is 0 Å². The molecule has 0 spiro atoms. The maximum atomic E-state index is 13.9. The molecule has 0 aliphatic rings. The molecule has 0 saturated heterocycles. The maximum absolute atomic E-state index is 13.9. The van der Waals surface area contributed by atoms with Crippen molar-refractivity contribution in [3.8, 4) is 5.75 Å². The second kappa shape index (κ2) is 9.02. The number of aliphatic imine (C=N–C) groups is 1. The molecular weight excluding hydrogens is 357 g/mol. The molecule has 0 unspecified atom stereocenters. The normalized spacial score (nSPS) is 11.6. The predicted octanol–water partition coefficient (Wildman–Crippen LogP) is 3.57. The molecule has 0 saturated carbocycles. The number of benzene rings is 2. The number of ether oxygens (including phenoxy) is 1. The largest absolute Gasteiger partial charge is 0.434 e. The van der Waals surface area contributed by atoms with E-state index in [0.717, 1.165) is 24.3 Å². The summed E-state index contributed by atoms with van der Waals surface area (Å²) in [5.41, 5.74) is -0.0479. The Kier molecular flexibility index (Phi) is 6.76. The quantitative estimate of drug-likeness (QED) is 0.462. The van der Waals surface area contributed by atoms with Crippen molar-refractivity contribution in [1.82, 2.24) is 10.6 Å². The standard InChI is InChI=1S/C17H16F5N3O/c1-23-17(24-8-10-7-11(18)5-6-13(10)19)25-9-12-14(20)3-2-4-15(12)26-16(21)22/h2-7,16H,8-9H2,1H3,(H2,23,24,25). The van der Waals surface area contributed by atoms with Gasteiger partial charge in [-0.2, -0.15) is 8.78 Å². The molecule has 0 aliphatic heterocycles. The topological polar surface area (TPSA) is 45.7 Å². The molecule has 140 valence electrons. The number of nitrogens with one attached hydrogen (secondary N) is 2. The van der Waals surface area contributed by atoms with E-state index in [-0.39, 0.29) is 35.9 Å². The van der Waals surface area contributed by atoms with Crippen LogP contribution < -0.4 is 15.4 Å². The fourth-order valence-electron chi connectivity index (χ4n) is 2.17. The Bertz CT molecular complexity index is 783. The highest BCUT2D eigenvalue weighted by Gasteiger charge is 2.14. The zero-order chi connectivity index (χ0) is 19.1. The van der Waals surface area contributed by atoms with Gasteiger partial charge in [-0.1, -0.05) is 6.07 Å². The first-order chi connectivity index (χ1) is 12.4. The van der Waals surface area contributed by atoms with Gasteiger partial charge in [0.15, 0.2) is 5.96 Å². The Morgan fingerprint density at radius 3 is 2.46 bits per heavy atom. The lowest BCUT2D eigenvalue weighted by atomic mass is 10.2. The van der Waals surface area contributed by atoms with Crippen molar-refractivity contribution in [3.63, 3.8) is 0 Å². The molecule has 0 aliphatic carbocycles. The van der Waals surface area contributed by atoms with Gasteiger partial charge in [-0.3, -0.25) is 4.99 Å². The molecule has 2 rings (SSSR count). The van der Waals surface area contributed by atoms with Gasteiger partial charge < -0.3 is 15.4 Å². The molecule has 9 heteroatoms. The lowest BCUT2D eigenvalue weighted by molar-refractivity contribution is -0.0506. The highest BCUT2D eigenvalue weighted by Crippen LogP contribution is 2.23. The summed E-state index contributed by atoms with van der Waals surface area (Å²) in [5.74, 6) is -2.09. The van der Waals surface area contributed by atoms with Crippen molar-refractivity contribution in [2.45, 2.75) is 19.7 Å². The van der Waals surface area contributed by atoms with Crippen molar-refractivity contribution < 1.29 is 26.7 Å². The summed E-state index contributed by atoms with van der Waals surface area (Å²) in [6, 6.07) is 6.58. The van der Waals surface area contributed by atoms with Gasteiger partial charge in [-0.05, 0) is 30.3 Å². The molecule has 0 atom stereocenters. The van der Waals surface area contributed by atoms with Gasteiger partial charge in [0.1, 0.15) is 23.2 Å². The van der Waals surface area contributed by atoms with Crippen LogP contribution in [0.4, 0.5) is 22.0 Å². The van der Waals surface area contributed by atoms with Crippen LogP contribution in [0.2, 0.25) is 0 Å². The van der Waals surface area contributed by atoms with Gasteiger partial charge in [0.2, 0.25) is 0 Å². The lowest BCUT2D eigenvalue weighted by Crippen LogP contribution is -2.36. The van der Waals surface area contributed by atoms with Gasteiger partial charge in [0.25, 0.3) is 0 Å². The van der Waals surface area contributed by atoms with Crippen molar-refractivity contribution >= 4 is 5.96 Å². The zero-order valence-electron chi connectivity index (χ0n) is 13.7. The van der Waals surface area contributed by atoms with Crippen molar-refractivity contribution in [2.24, 2.45) is 4.99 Å². The van der Waals surface area contributed by atoms with Crippen molar-refractivity contribution in [2.75, 3.05) is 7.05 Å². The molecule has 0 heterocycles. The number of hydrogen-bond acceptors (Lipinski definition) is 2. The minimum Gasteiger partial charge on any atom is -0.434 e. The van der Waals surface area contributed by atoms with E-state index >= 15 is 0 Å². The second-order valence-electron chi connectivity index (χ2n) is 5.11. The summed E-state index contributed by atoms with van der Waals surface area (Å²) in [6.07, 6.45) is 0. The number of rotatable bonds is 6. The predicted molar refractivity (Wildman–Crippen MR) is 86.4 cm³/mol. The summed E-state index contributed by atoms with van der Waals surface area (Å²) in [4.78, 5) is 3.86. The molecule has 2 aromatic rings. The van der Waals surface area contributed by atoms with E-state index in [9.17, 15) is 22.0 Å². The number of hydrogen-bond donors (Lipinski definition) is 2. The molecule has 0 aromatic heterocycles. The number of halogens is 5. The average molecular weight is 373 g/mol. The number of guanidine groups is 1. The third-order valence-electron chi connectivity index (χ3n) is 3.40. The van der Waals surface area contributed by atoms with Crippen LogP contribution in [0.15, 0.2) is 41.4 Å². The van der Waals surface area contributed by atoms with E-state index in [0.29, 0.717) is 0 Å². The summed E-state index contributed by atoms with van der Waals surface area (Å²) >= 11 is 0. The Morgan fingerprint density at radius 1 is 1.04 bits per heavy atom. The minimum atomic E-state index is -3.09. The highest BCUT2D eigenvalue weighted by atomic mass is 19.3. The Labute approximate surface area is 146 Å². The van der Waals surface area contributed by atoms with Crippen LogP contribution in [0.25, 0.3) is 0 Å². The molecular formula is C17H16F5N3O. The van der Waals surface area contributed by atoms with Crippen LogP contribution >= 0.6 is 0 Å². The molecule has 0 amide bonds. The summed E-state index contributed by atoms with van der Waals surface area (Å²) in [6.45, 7) is -3.38. The zero-order valence-corrected chi connectivity index (χ0v) is 13.7. The third kappa shape index (κ3) is 5.33. The fraction of sp³-hybridized carbons (Fsp3) is 0.235. The molecule has 2 aromatic carbocycles. The van der Waals surface area contributed by atoms with Crippen LogP contribution in [0.3, 0.4) is 0 Å². The first kappa shape index (κ1) is 19.5. The second-order valence-corrected chi connectivity index (χ2v) is 5.11. The van der Waals surface area contributed by atoms with E-state index in [4.69, 9.17) is 0 Å². The lowest BCUT2D eigenvalue weighted by Gasteiger charge is -2.15. The monoisotopic (exact) mass is 373 g/mol. The summed E-state index contributed by atoms with van der Waals surface area (Å²) in [5, 5.41) is 5.43. The van der Waals surface area contributed by atoms with Crippen LogP contribution in [0.5, 0.6) is 5.75 Å². The van der Waals surface area contributed by atoms with Gasteiger partial charge in [0, 0.05) is 31.3 Å². The Balaban J connectivity index is 2.02. The van der Waals surface area contributed by atoms with E-state index in [1.165, 1.54) is 19.2 Å². The van der Waals surface area contributed by atoms with Crippen molar-refractivity contribution in [3.05, 3.63) is 65.0 Å². The van der Waals surface area contributed by atoms with E-state index < -0.39 is 24.1 Å². The first-order valence-electron chi connectivity index (χ1n) is 7.51. The van der Waals surface area contributed by atoms with Gasteiger partial charge in [0.05, 0.1) is 0 Å². The number of nitrogens with zero attached hydrogens (tertiary/aromatic N) is 1. The summed E-state index contributed by atoms with van der Waals surface area (Å²) < 4.78 is 69.7. The molecule has 4 nitrogen and oxygen atoms in total. The smallest absolute Gasteiger partial charge is 0.387 e. The fourth-order valence-corrected chi connectivity index (χ4v) is 2.17. The summed E-state index contributed by atoms with van der Waals surface area (Å²) in [7, 11) is 1.41. The van der Waals surface area contributed by atoms with Crippen LogP contribution in [-0.2, 0) is 13.1 Å². The molecule has 26 heavy (non-hydrogen) atoms. The van der Waals surface area contributed by atoms with E-state index in [1.807, 2.05) is 0 Å². The van der Waals surface area contributed by atoms with E-state index in [2.05, 4.69) is 20.4 Å². The highest BCUT2D eigenvalue weighted by molar-refractivity contribution is 5.79.